The number of amides is 1. The van der Waals surface area contributed by atoms with Gasteiger partial charge in [0.25, 0.3) is 5.91 Å². The molecule has 1 aromatic carbocycles. The van der Waals surface area contributed by atoms with Crippen LogP contribution in [0, 0.1) is 5.92 Å². The number of benzene rings is 1. The van der Waals surface area contributed by atoms with E-state index in [0.29, 0.717) is 17.3 Å². The van der Waals surface area contributed by atoms with Crippen LogP contribution in [-0.2, 0) is 6.54 Å². The molecule has 0 saturated heterocycles. The van der Waals surface area contributed by atoms with Gasteiger partial charge in [-0.05, 0) is 24.8 Å². The lowest BCUT2D eigenvalue weighted by Gasteiger charge is -2.35. The second kappa shape index (κ2) is 6.95. The predicted octanol–water partition coefficient (Wildman–Crippen LogP) is 2.56. The molecular weight excluding hydrogens is 332 g/mol. The molecule has 4 rings (SSSR count). The normalized spacial score (nSPS) is 18.9. The summed E-state index contributed by atoms with van der Waals surface area (Å²) < 4.78 is 6.95. The Balaban J connectivity index is 1.28. The number of rotatable bonds is 6. The fourth-order valence-corrected chi connectivity index (χ4v) is 3.19. The molecule has 0 radical (unpaired) electrons. The van der Waals surface area contributed by atoms with E-state index in [-0.39, 0.29) is 17.7 Å². The van der Waals surface area contributed by atoms with Gasteiger partial charge in [0.1, 0.15) is 11.4 Å². The van der Waals surface area contributed by atoms with Crippen molar-refractivity contribution in [3.8, 4) is 11.3 Å². The quantitative estimate of drug-likeness (QED) is 0.690. The SMILES string of the molecule is O=Cc1ccn(C[C@H]2C[C@@H](NC(=O)c3cc(-c4ccccc4)no3)C2)n1. The van der Waals surface area contributed by atoms with E-state index in [1.165, 1.54) is 0 Å². The highest BCUT2D eigenvalue weighted by Crippen LogP contribution is 2.29. The minimum absolute atomic E-state index is 0.124. The van der Waals surface area contributed by atoms with Crippen LogP contribution in [0.2, 0.25) is 0 Å². The van der Waals surface area contributed by atoms with E-state index in [1.54, 1.807) is 23.0 Å². The molecule has 132 valence electrons. The van der Waals surface area contributed by atoms with Gasteiger partial charge in [-0.1, -0.05) is 35.5 Å². The Bertz CT molecular complexity index is 910. The number of carbonyl (C=O) groups excluding carboxylic acids is 2. The van der Waals surface area contributed by atoms with Gasteiger partial charge in [-0.25, -0.2) is 0 Å². The highest BCUT2D eigenvalue weighted by molar-refractivity contribution is 5.92. The highest BCUT2D eigenvalue weighted by atomic mass is 16.5. The average Bonchev–Trinajstić information content (AvgIpc) is 3.30. The lowest BCUT2D eigenvalue weighted by molar-refractivity contribution is 0.0842. The Morgan fingerprint density at radius 3 is 2.81 bits per heavy atom. The van der Waals surface area contributed by atoms with E-state index in [1.807, 2.05) is 30.3 Å². The number of hydrogen-bond acceptors (Lipinski definition) is 5. The van der Waals surface area contributed by atoms with E-state index in [0.717, 1.165) is 31.2 Å². The summed E-state index contributed by atoms with van der Waals surface area (Å²) in [6, 6.07) is 13.1. The van der Waals surface area contributed by atoms with Gasteiger partial charge in [-0.2, -0.15) is 5.10 Å². The van der Waals surface area contributed by atoms with Crippen LogP contribution in [0.4, 0.5) is 0 Å². The van der Waals surface area contributed by atoms with Gasteiger partial charge in [0, 0.05) is 30.4 Å². The van der Waals surface area contributed by atoms with Crippen molar-refractivity contribution in [2.45, 2.75) is 25.4 Å². The highest BCUT2D eigenvalue weighted by Gasteiger charge is 2.31. The van der Waals surface area contributed by atoms with Crippen LogP contribution >= 0.6 is 0 Å². The van der Waals surface area contributed by atoms with Crippen LogP contribution in [-0.4, -0.2) is 33.2 Å². The van der Waals surface area contributed by atoms with Crippen molar-refractivity contribution < 1.29 is 14.1 Å². The third-order valence-electron chi connectivity index (χ3n) is 4.60. The minimum Gasteiger partial charge on any atom is -0.350 e. The number of aromatic nitrogens is 3. The van der Waals surface area contributed by atoms with E-state index >= 15 is 0 Å². The van der Waals surface area contributed by atoms with Crippen LogP contribution in [0.15, 0.2) is 53.2 Å². The Morgan fingerprint density at radius 1 is 1.27 bits per heavy atom. The minimum atomic E-state index is -0.245. The van der Waals surface area contributed by atoms with Gasteiger partial charge in [0.2, 0.25) is 5.76 Å². The van der Waals surface area contributed by atoms with Gasteiger partial charge in [0.15, 0.2) is 6.29 Å². The molecule has 2 heterocycles. The molecule has 0 atom stereocenters. The van der Waals surface area contributed by atoms with Crippen LogP contribution in [0.25, 0.3) is 11.3 Å². The zero-order valence-corrected chi connectivity index (χ0v) is 14.0. The summed E-state index contributed by atoms with van der Waals surface area (Å²) in [6.45, 7) is 0.751. The Labute approximate surface area is 150 Å². The zero-order chi connectivity index (χ0) is 17.9. The van der Waals surface area contributed by atoms with Crippen LogP contribution in [0.1, 0.15) is 33.9 Å². The molecule has 2 aromatic heterocycles. The molecule has 0 spiro atoms. The van der Waals surface area contributed by atoms with E-state index in [9.17, 15) is 9.59 Å². The van der Waals surface area contributed by atoms with Crippen molar-refractivity contribution in [2.24, 2.45) is 5.92 Å². The molecule has 1 amide bonds. The van der Waals surface area contributed by atoms with Gasteiger partial charge in [-0.3, -0.25) is 14.3 Å². The molecule has 1 aliphatic rings. The third kappa shape index (κ3) is 3.42. The summed E-state index contributed by atoms with van der Waals surface area (Å²) in [4.78, 5) is 23.0. The number of aldehydes is 1. The maximum Gasteiger partial charge on any atom is 0.290 e. The first kappa shape index (κ1) is 16.3. The molecule has 7 heteroatoms. The summed E-state index contributed by atoms with van der Waals surface area (Å²) in [6.07, 6.45) is 4.29. The average molecular weight is 350 g/mol. The van der Waals surface area contributed by atoms with Crippen LogP contribution < -0.4 is 5.32 Å². The van der Waals surface area contributed by atoms with Crippen molar-refractivity contribution in [3.05, 3.63) is 60.1 Å². The first-order valence-corrected chi connectivity index (χ1v) is 8.53. The molecule has 1 N–H and O–H groups in total. The molecule has 7 nitrogen and oxygen atoms in total. The van der Waals surface area contributed by atoms with Gasteiger partial charge >= 0.3 is 0 Å². The number of nitrogens with zero attached hydrogens (tertiary/aromatic N) is 3. The Hall–Kier alpha value is -3.22. The maximum absolute atomic E-state index is 12.3. The number of nitrogens with one attached hydrogen (secondary N) is 1. The Morgan fingerprint density at radius 2 is 2.08 bits per heavy atom. The lowest BCUT2D eigenvalue weighted by Crippen LogP contribution is -2.45. The summed E-state index contributed by atoms with van der Waals surface area (Å²) in [5.74, 6) is 0.412. The van der Waals surface area contributed by atoms with Gasteiger partial charge < -0.3 is 9.84 Å². The third-order valence-corrected chi connectivity index (χ3v) is 4.60. The molecule has 1 aliphatic carbocycles. The number of hydrogen-bond donors (Lipinski definition) is 1. The topological polar surface area (TPSA) is 90.0 Å². The fourth-order valence-electron chi connectivity index (χ4n) is 3.19. The molecule has 0 unspecified atom stereocenters. The van der Waals surface area contributed by atoms with Crippen molar-refractivity contribution >= 4 is 12.2 Å². The first-order chi connectivity index (χ1) is 12.7. The first-order valence-electron chi connectivity index (χ1n) is 8.53. The van der Waals surface area contributed by atoms with Crippen molar-refractivity contribution in [2.75, 3.05) is 0 Å². The molecule has 26 heavy (non-hydrogen) atoms. The largest absolute Gasteiger partial charge is 0.350 e. The summed E-state index contributed by atoms with van der Waals surface area (Å²) in [5, 5.41) is 11.1. The summed E-state index contributed by atoms with van der Waals surface area (Å²) >= 11 is 0. The zero-order valence-electron chi connectivity index (χ0n) is 14.0. The van der Waals surface area contributed by atoms with Crippen LogP contribution in [0.5, 0.6) is 0 Å². The predicted molar refractivity (Wildman–Crippen MR) is 93.5 cm³/mol. The Kier molecular flexibility index (Phi) is 4.35. The van der Waals surface area contributed by atoms with E-state index in [2.05, 4.69) is 15.6 Å². The van der Waals surface area contributed by atoms with E-state index in [4.69, 9.17) is 4.52 Å². The molecule has 0 bridgehead atoms. The van der Waals surface area contributed by atoms with Gasteiger partial charge in [-0.15, -0.1) is 0 Å². The van der Waals surface area contributed by atoms with E-state index < -0.39 is 0 Å². The molecule has 1 saturated carbocycles. The smallest absolute Gasteiger partial charge is 0.290 e. The van der Waals surface area contributed by atoms with Gasteiger partial charge in [0.05, 0.1) is 0 Å². The van der Waals surface area contributed by atoms with Crippen LogP contribution in [0.3, 0.4) is 0 Å². The lowest BCUT2D eigenvalue weighted by atomic mass is 9.80. The number of carbonyl (C=O) groups is 2. The van der Waals surface area contributed by atoms with Crippen molar-refractivity contribution in [1.82, 2.24) is 20.3 Å². The molecule has 0 aliphatic heterocycles. The molecular formula is C19H18N4O3. The molecule has 1 fully saturated rings. The van der Waals surface area contributed by atoms with Crippen molar-refractivity contribution in [1.29, 1.82) is 0 Å². The summed E-state index contributed by atoms with van der Waals surface area (Å²) in [5.41, 5.74) is 1.99. The summed E-state index contributed by atoms with van der Waals surface area (Å²) in [7, 11) is 0. The maximum atomic E-state index is 12.3. The standard InChI is InChI=1S/C19H18N4O3/c24-12-15-6-7-23(21-15)11-13-8-16(9-13)20-19(25)18-10-17(22-26-18)14-4-2-1-3-5-14/h1-7,10,12-13,16H,8-9,11H2,(H,20,25)/t13-,16+. The fraction of sp³-hybridized carbons (Fsp3) is 0.263. The second-order valence-electron chi connectivity index (χ2n) is 6.53. The van der Waals surface area contributed by atoms with Crippen molar-refractivity contribution in [3.63, 3.8) is 0 Å². The second-order valence-corrected chi connectivity index (χ2v) is 6.53. The molecule has 3 aromatic rings. The monoisotopic (exact) mass is 350 g/mol.